The van der Waals surface area contributed by atoms with Crippen molar-refractivity contribution in [1.29, 1.82) is 0 Å². The van der Waals surface area contributed by atoms with Crippen molar-refractivity contribution < 1.29 is 4.79 Å². The summed E-state index contributed by atoms with van der Waals surface area (Å²) in [5.74, 6) is 0.371. The number of rotatable bonds is 3. The second-order valence-corrected chi connectivity index (χ2v) is 4.27. The Bertz CT molecular complexity index is 739. The highest BCUT2D eigenvalue weighted by molar-refractivity contribution is 5.92. The smallest absolute Gasteiger partial charge is 0.272 e. The molecule has 20 heavy (non-hydrogen) atoms. The molecule has 0 aromatic carbocycles. The Kier molecular flexibility index (Phi) is 3.08. The first kappa shape index (κ1) is 12.2. The normalized spacial score (nSPS) is 12.2. The van der Waals surface area contributed by atoms with Crippen LogP contribution < -0.4 is 5.32 Å². The Morgan fingerprint density at radius 1 is 1.30 bits per heavy atom. The molecular formula is C13H12N6O. The van der Waals surface area contributed by atoms with E-state index in [0.29, 0.717) is 5.82 Å². The largest absolute Gasteiger partial charge is 0.341 e. The Hall–Kier alpha value is -2.83. The number of hydrogen-bond acceptors (Lipinski definition) is 5. The van der Waals surface area contributed by atoms with Gasteiger partial charge in [0.15, 0.2) is 11.5 Å². The van der Waals surface area contributed by atoms with Crippen LogP contribution >= 0.6 is 0 Å². The van der Waals surface area contributed by atoms with Crippen LogP contribution in [0.5, 0.6) is 0 Å². The molecule has 0 fully saturated rings. The molecule has 100 valence electrons. The SMILES string of the molecule is C[C@H](NC(=O)c1cnccn1)c1nnc2ccccn12. The zero-order chi connectivity index (χ0) is 13.9. The summed E-state index contributed by atoms with van der Waals surface area (Å²) in [5, 5.41) is 11.0. The number of nitrogens with zero attached hydrogens (tertiary/aromatic N) is 5. The van der Waals surface area contributed by atoms with Crippen molar-refractivity contribution in [1.82, 2.24) is 29.9 Å². The predicted molar refractivity (Wildman–Crippen MR) is 70.9 cm³/mol. The molecule has 1 atom stereocenters. The van der Waals surface area contributed by atoms with Crippen LogP contribution in [0.2, 0.25) is 0 Å². The third kappa shape index (κ3) is 2.20. The van der Waals surface area contributed by atoms with Gasteiger partial charge in [-0.05, 0) is 19.1 Å². The van der Waals surface area contributed by atoms with Gasteiger partial charge in [0.05, 0.1) is 12.2 Å². The third-order valence-electron chi connectivity index (χ3n) is 2.87. The van der Waals surface area contributed by atoms with Crippen LogP contribution in [0.15, 0.2) is 43.0 Å². The monoisotopic (exact) mass is 268 g/mol. The molecule has 0 aliphatic rings. The Morgan fingerprint density at radius 3 is 3.00 bits per heavy atom. The molecule has 0 radical (unpaired) electrons. The van der Waals surface area contributed by atoms with Crippen LogP contribution in [-0.4, -0.2) is 30.5 Å². The number of aromatic nitrogens is 5. The van der Waals surface area contributed by atoms with Crippen LogP contribution in [0.1, 0.15) is 29.3 Å². The van der Waals surface area contributed by atoms with Gasteiger partial charge in [-0.25, -0.2) is 4.98 Å². The minimum absolute atomic E-state index is 0.271. The highest BCUT2D eigenvalue weighted by Crippen LogP contribution is 2.12. The van der Waals surface area contributed by atoms with E-state index in [1.54, 1.807) is 0 Å². The van der Waals surface area contributed by atoms with Crippen molar-refractivity contribution in [2.75, 3.05) is 0 Å². The van der Waals surface area contributed by atoms with Crippen molar-refractivity contribution in [3.05, 3.63) is 54.5 Å². The minimum atomic E-state index is -0.293. The predicted octanol–water partition coefficient (Wildman–Crippen LogP) is 1.01. The maximum Gasteiger partial charge on any atom is 0.272 e. The van der Waals surface area contributed by atoms with Crippen LogP contribution in [-0.2, 0) is 0 Å². The maximum absolute atomic E-state index is 12.0. The van der Waals surface area contributed by atoms with Gasteiger partial charge >= 0.3 is 0 Å². The molecule has 0 saturated heterocycles. The molecule has 0 aliphatic carbocycles. The fourth-order valence-electron chi connectivity index (χ4n) is 1.91. The zero-order valence-corrected chi connectivity index (χ0v) is 10.8. The van der Waals surface area contributed by atoms with E-state index in [0.717, 1.165) is 5.65 Å². The van der Waals surface area contributed by atoms with Gasteiger partial charge in [-0.1, -0.05) is 6.07 Å². The van der Waals surface area contributed by atoms with Crippen molar-refractivity contribution in [2.45, 2.75) is 13.0 Å². The van der Waals surface area contributed by atoms with Gasteiger partial charge in [0.1, 0.15) is 5.69 Å². The van der Waals surface area contributed by atoms with Crippen LogP contribution in [0.3, 0.4) is 0 Å². The molecule has 3 rings (SSSR count). The lowest BCUT2D eigenvalue weighted by molar-refractivity contribution is 0.0932. The van der Waals surface area contributed by atoms with Gasteiger partial charge in [-0.3, -0.25) is 14.2 Å². The summed E-state index contributed by atoms with van der Waals surface area (Å²) in [4.78, 5) is 19.8. The Balaban J connectivity index is 1.83. The number of fused-ring (bicyclic) bond motifs is 1. The number of nitrogens with one attached hydrogen (secondary N) is 1. The second-order valence-electron chi connectivity index (χ2n) is 4.27. The van der Waals surface area contributed by atoms with Crippen molar-refractivity contribution in [2.24, 2.45) is 0 Å². The molecule has 7 nitrogen and oxygen atoms in total. The van der Waals surface area contributed by atoms with E-state index in [4.69, 9.17) is 0 Å². The summed E-state index contributed by atoms with van der Waals surface area (Å²) in [6.07, 6.45) is 6.28. The van der Waals surface area contributed by atoms with E-state index in [9.17, 15) is 4.79 Å². The second kappa shape index (κ2) is 5.04. The molecule has 7 heteroatoms. The van der Waals surface area contributed by atoms with Crippen molar-refractivity contribution in [3.63, 3.8) is 0 Å². The van der Waals surface area contributed by atoms with Gasteiger partial charge in [-0.15, -0.1) is 10.2 Å². The standard InChI is InChI=1S/C13H12N6O/c1-9(16-13(20)10-8-14-5-6-15-10)12-18-17-11-4-2-3-7-19(11)12/h2-9H,1H3,(H,16,20)/t9-/m0/s1. The summed E-state index contributed by atoms with van der Waals surface area (Å²) in [7, 11) is 0. The maximum atomic E-state index is 12.0. The fraction of sp³-hybridized carbons (Fsp3) is 0.154. The first-order valence-corrected chi connectivity index (χ1v) is 6.12. The Labute approximate surface area is 114 Å². The third-order valence-corrected chi connectivity index (χ3v) is 2.87. The molecule has 3 aromatic heterocycles. The highest BCUT2D eigenvalue weighted by atomic mass is 16.1. The molecular weight excluding hydrogens is 256 g/mol. The lowest BCUT2D eigenvalue weighted by atomic mass is 10.3. The summed E-state index contributed by atoms with van der Waals surface area (Å²) in [5.41, 5.74) is 1.01. The van der Waals surface area contributed by atoms with Crippen LogP contribution in [0.4, 0.5) is 0 Å². The summed E-state index contributed by atoms with van der Waals surface area (Å²) >= 11 is 0. The fourth-order valence-corrected chi connectivity index (χ4v) is 1.91. The average molecular weight is 268 g/mol. The van der Waals surface area contributed by atoms with Gasteiger partial charge in [0, 0.05) is 18.6 Å². The number of hydrogen-bond donors (Lipinski definition) is 1. The quantitative estimate of drug-likeness (QED) is 0.766. The van der Waals surface area contributed by atoms with Crippen molar-refractivity contribution in [3.8, 4) is 0 Å². The van der Waals surface area contributed by atoms with Crippen LogP contribution in [0, 0.1) is 0 Å². The minimum Gasteiger partial charge on any atom is -0.341 e. The molecule has 0 spiro atoms. The van der Waals surface area contributed by atoms with Gasteiger partial charge in [-0.2, -0.15) is 0 Å². The summed E-state index contributed by atoms with van der Waals surface area (Å²) in [6, 6.07) is 5.34. The summed E-state index contributed by atoms with van der Waals surface area (Å²) in [6.45, 7) is 1.84. The number of carbonyl (C=O) groups is 1. The van der Waals surface area contributed by atoms with Gasteiger partial charge in [0.25, 0.3) is 5.91 Å². The first-order valence-electron chi connectivity index (χ1n) is 6.12. The molecule has 0 bridgehead atoms. The van der Waals surface area contributed by atoms with Gasteiger partial charge in [0.2, 0.25) is 0 Å². The molecule has 0 unspecified atom stereocenters. The topological polar surface area (TPSA) is 85.1 Å². The van der Waals surface area contributed by atoms with E-state index in [-0.39, 0.29) is 17.6 Å². The molecule has 1 amide bonds. The van der Waals surface area contributed by atoms with Gasteiger partial charge < -0.3 is 5.32 Å². The Morgan fingerprint density at radius 2 is 2.20 bits per heavy atom. The van der Waals surface area contributed by atoms with E-state index in [1.807, 2.05) is 35.7 Å². The average Bonchev–Trinajstić information content (AvgIpc) is 2.92. The molecule has 3 heterocycles. The molecule has 1 N–H and O–H groups in total. The number of amides is 1. The lowest BCUT2D eigenvalue weighted by Crippen LogP contribution is -2.28. The number of pyridine rings is 1. The van der Waals surface area contributed by atoms with E-state index >= 15 is 0 Å². The zero-order valence-electron chi connectivity index (χ0n) is 10.8. The van der Waals surface area contributed by atoms with E-state index in [2.05, 4.69) is 25.5 Å². The number of carbonyl (C=O) groups excluding carboxylic acids is 1. The van der Waals surface area contributed by atoms with Crippen LogP contribution in [0.25, 0.3) is 5.65 Å². The molecule has 0 aliphatic heterocycles. The van der Waals surface area contributed by atoms with E-state index < -0.39 is 0 Å². The first-order chi connectivity index (χ1) is 9.75. The van der Waals surface area contributed by atoms with Crippen molar-refractivity contribution >= 4 is 11.6 Å². The molecule has 3 aromatic rings. The van der Waals surface area contributed by atoms with E-state index in [1.165, 1.54) is 18.6 Å². The highest BCUT2D eigenvalue weighted by Gasteiger charge is 2.17. The molecule has 0 saturated carbocycles. The summed E-state index contributed by atoms with van der Waals surface area (Å²) < 4.78 is 1.83. The lowest BCUT2D eigenvalue weighted by Gasteiger charge is -2.11.